The van der Waals surface area contributed by atoms with Gasteiger partial charge in [0.1, 0.15) is 5.75 Å². The predicted molar refractivity (Wildman–Crippen MR) is 130 cm³/mol. The molecule has 2 aromatic heterocycles. The molecule has 0 aliphatic carbocycles. The molecule has 5 rings (SSSR count). The Labute approximate surface area is 205 Å². The van der Waals surface area contributed by atoms with Gasteiger partial charge in [-0.25, -0.2) is 0 Å². The number of hydrogen-bond acceptors (Lipinski definition) is 4. The number of hydrogen-bond donors (Lipinski definition) is 0. The minimum Gasteiger partial charge on any atom is -0.406 e. The molecule has 0 radical (unpaired) electrons. The van der Waals surface area contributed by atoms with Crippen molar-refractivity contribution in [1.82, 2.24) is 19.2 Å². The minimum absolute atomic E-state index is 0. The Morgan fingerprint density at radius 2 is 1.66 bits per heavy atom. The third kappa shape index (κ3) is 5.68. The van der Waals surface area contributed by atoms with Gasteiger partial charge in [-0.2, -0.15) is 5.10 Å². The van der Waals surface area contributed by atoms with Crippen molar-refractivity contribution in [1.29, 1.82) is 0 Å². The van der Waals surface area contributed by atoms with E-state index in [-0.39, 0.29) is 23.7 Å². The number of likely N-dealkylation sites (tertiary alicyclic amines) is 1. The Morgan fingerprint density at radius 3 is 2.34 bits per heavy atom. The zero-order valence-corrected chi connectivity index (χ0v) is 19.6. The number of ether oxygens (including phenoxy) is 1. The van der Waals surface area contributed by atoms with E-state index >= 15 is 0 Å². The summed E-state index contributed by atoms with van der Waals surface area (Å²) in [6, 6.07) is 14.4. The van der Waals surface area contributed by atoms with Crippen LogP contribution in [0.1, 0.15) is 12.8 Å². The largest absolute Gasteiger partial charge is 0.573 e. The minimum atomic E-state index is -4.74. The van der Waals surface area contributed by atoms with E-state index in [0.29, 0.717) is 11.1 Å². The third-order valence-electron chi connectivity index (χ3n) is 6.07. The molecule has 0 saturated carbocycles. The van der Waals surface area contributed by atoms with Crippen LogP contribution in [-0.4, -0.2) is 45.2 Å². The van der Waals surface area contributed by atoms with Crippen molar-refractivity contribution in [3.8, 4) is 22.6 Å². The van der Waals surface area contributed by atoms with Crippen molar-refractivity contribution in [2.45, 2.75) is 25.7 Å². The number of aromatic nitrogens is 3. The van der Waals surface area contributed by atoms with Gasteiger partial charge >= 0.3 is 6.36 Å². The predicted octanol–water partition coefficient (Wildman–Crippen LogP) is 5.27. The maximum absolute atomic E-state index is 12.8. The normalized spacial score (nSPS) is 14.3. The van der Waals surface area contributed by atoms with Crippen LogP contribution in [-0.2, 0) is 6.54 Å². The standard InChI is InChI=1S/C25H23F3N4O2.ClH/c26-25(27,28)34-22-6-3-18(4-7-22)19-9-12-31(24(33)16-19)21-5-8-23-20(15-21)17-29-32(23)14-13-30-10-1-2-11-30;/h3-9,12,15-17H,1-2,10-11,13-14H2;1H. The first-order valence-electron chi connectivity index (χ1n) is 11.1. The summed E-state index contributed by atoms with van der Waals surface area (Å²) in [5.74, 6) is -0.307. The molecule has 4 aromatic rings. The molecule has 2 aromatic carbocycles. The Hall–Kier alpha value is -3.30. The Bertz CT molecular complexity index is 1360. The first kappa shape index (κ1) is 24.8. The average Bonchev–Trinajstić information content (AvgIpc) is 3.46. The lowest BCUT2D eigenvalue weighted by atomic mass is 10.1. The van der Waals surface area contributed by atoms with E-state index in [1.165, 1.54) is 47.7 Å². The molecule has 0 amide bonds. The van der Waals surface area contributed by atoms with Gasteiger partial charge in [-0.3, -0.25) is 14.0 Å². The number of rotatable bonds is 6. The lowest BCUT2D eigenvalue weighted by Crippen LogP contribution is -2.24. The number of nitrogens with zero attached hydrogens (tertiary/aromatic N) is 4. The second-order valence-electron chi connectivity index (χ2n) is 8.36. The van der Waals surface area contributed by atoms with Crippen LogP contribution in [0.25, 0.3) is 27.7 Å². The average molecular weight is 505 g/mol. The highest BCUT2D eigenvalue weighted by atomic mass is 35.5. The molecule has 0 unspecified atom stereocenters. The van der Waals surface area contributed by atoms with Crippen LogP contribution >= 0.6 is 12.4 Å². The van der Waals surface area contributed by atoms with E-state index in [2.05, 4.69) is 14.7 Å². The fourth-order valence-electron chi connectivity index (χ4n) is 4.37. The molecule has 3 heterocycles. The van der Waals surface area contributed by atoms with Crippen LogP contribution < -0.4 is 10.3 Å². The molecule has 6 nitrogen and oxygen atoms in total. The molecule has 0 spiro atoms. The van der Waals surface area contributed by atoms with Crippen molar-refractivity contribution in [3.05, 3.63) is 77.3 Å². The van der Waals surface area contributed by atoms with Crippen LogP contribution in [0.4, 0.5) is 13.2 Å². The lowest BCUT2D eigenvalue weighted by Gasteiger charge is -2.14. The van der Waals surface area contributed by atoms with Gasteiger partial charge < -0.3 is 9.64 Å². The molecule has 1 saturated heterocycles. The molecule has 184 valence electrons. The fourth-order valence-corrected chi connectivity index (χ4v) is 4.37. The molecule has 0 N–H and O–H groups in total. The van der Waals surface area contributed by atoms with Crippen molar-refractivity contribution < 1.29 is 17.9 Å². The number of alkyl halides is 3. The first-order chi connectivity index (χ1) is 16.4. The second kappa shape index (κ2) is 10.1. The molecule has 0 bridgehead atoms. The van der Waals surface area contributed by atoms with Gasteiger partial charge in [0.15, 0.2) is 0 Å². The van der Waals surface area contributed by atoms with Gasteiger partial charge in [0.05, 0.1) is 18.3 Å². The fraction of sp³-hybridized carbons (Fsp3) is 0.280. The molecule has 1 fully saturated rings. The smallest absolute Gasteiger partial charge is 0.406 e. The summed E-state index contributed by atoms with van der Waals surface area (Å²) in [5.41, 5.74) is 2.73. The SMILES string of the molecule is Cl.O=c1cc(-c2ccc(OC(F)(F)F)cc2)ccn1-c1ccc2c(cnn2CCN2CCCC2)c1. The van der Waals surface area contributed by atoms with Crippen LogP contribution in [0.5, 0.6) is 5.75 Å². The molecular weight excluding hydrogens is 481 g/mol. The van der Waals surface area contributed by atoms with Gasteiger partial charge in [0.25, 0.3) is 5.56 Å². The van der Waals surface area contributed by atoms with E-state index in [1.807, 2.05) is 29.1 Å². The Balaban J connectivity index is 0.00000289. The highest BCUT2D eigenvalue weighted by molar-refractivity contribution is 5.85. The summed E-state index contributed by atoms with van der Waals surface area (Å²) >= 11 is 0. The molecule has 1 aliphatic heterocycles. The third-order valence-corrected chi connectivity index (χ3v) is 6.07. The Morgan fingerprint density at radius 1 is 0.914 bits per heavy atom. The van der Waals surface area contributed by atoms with Crippen LogP contribution in [0, 0.1) is 0 Å². The zero-order chi connectivity index (χ0) is 23.7. The van der Waals surface area contributed by atoms with Gasteiger partial charge in [0, 0.05) is 29.9 Å². The molecular formula is C25H24ClF3N4O2. The summed E-state index contributed by atoms with van der Waals surface area (Å²) in [5, 5.41) is 5.47. The molecule has 0 atom stereocenters. The monoisotopic (exact) mass is 504 g/mol. The summed E-state index contributed by atoms with van der Waals surface area (Å²) in [6.45, 7) is 4.09. The number of halogens is 4. The first-order valence-corrected chi connectivity index (χ1v) is 11.1. The molecule has 35 heavy (non-hydrogen) atoms. The number of benzene rings is 2. The topological polar surface area (TPSA) is 52.3 Å². The van der Waals surface area contributed by atoms with E-state index in [9.17, 15) is 18.0 Å². The van der Waals surface area contributed by atoms with E-state index in [0.717, 1.165) is 42.8 Å². The van der Waals surface area contributed by atoms with Crippen molar-refractivity contribution in [3.63, 3.8) is 0 Å². The van der Waals surface area contributed by atoms with Gasteiger partial charge in [0.2, 0.25) is 0 Å². The van der Waals surface area contributed by atoms with Gasteiger partial charge in [-0.15, -0.1) is 25.6 Å². The van der Waals surface area contributed by atoms with Crippen molar-refractivity contribution >= 4 is 23.3 Å². The number of pyridine rings is 1. The van der Waals surface area contributed by atoms with Crippen LogP contribution in [0.15, 0.2) is 71.8 Å². The van der Waals surface area contributed by atoms with E-state index in [1.54, 1.807) is 12.3 Å². The number of fused-ring (bicyclic) bond motifs is 1. The zero-order valence-electron chi connectivity index (χ0n) is 18.7. The maximum atomic E-state index is 12.8. The maximum Gasteiger partial charge on any atom is 0.573 e. The summed E-state index contributed by atoms with van der Waals surface area (Å²) in [7, 11) is 0. The van der Waals surface area contributed by atoms with E-state index < -0.39 is 6.36 Å². The van der Waals surface area contributed by atoms with Gasteiger partial charge in [-0.1, -0.05) is 12.1 Å². The summed E-state index contributed by atoms with van der Waals surface area (Å²) in [6.07, 6.45) is 1.25. The second-order valence-corrected chi connectivity index (χ2v) is 8.36. The van der Waals surface area contributed by atoms with Crippen LogP contribution in [0.3, 0.4) is 0 Å². The van der Waals surface area contributed by atoms with Gasteiger partial charge in [-0.05, 0) is 73.5 Å². The van der Waals surface area contributed by atoms with Crippen molar-refractivity contribution in [2.75, 3.05) is 19.6 Å². The summed E-state index contributed by atoms with van der Waals surface area (Å²) < 4.78 is 44.5. The summed E-state index contributed by atoms with van der Waals surface area (Å²) in [4.78, 5) is 15.3. The molecule has 10 heteroatoms. The highest BCUT2D eigenvalue weighted by Crippen LogP contribution is 2.26. The quantitative estimate of drug-likeness (QED) is 0.359. The Kier molecular flexibility index (Phi) is 7.18. The lowest BCUT2D eigenvalue weighted by molar-refractivity contribution is -0.274. The highest BCUT2D eigenvalue weighted by Gasteiger charge is 2.31. The van der Waals surface area contributed by atoms with E-state index in [4.69, 9.17) is 0 Å². The molecule has 1 aliphatic rings. The van der Waals surface area contributed by atoms with Crippen LogP contribution in [0.2, 0.25) is 0 Å². The van der Waals surface area contributed by atoms with Crippen molar-refractivity contribution in [2.24, 2.45) is 0 Å².